The van der Waals surface area contributed by atoms with E-state index in [-0.39, 0.29) is 0 Å². The molecule has 0 aliphatic rings. The Hall–Kier alpha value is -7.16. The van der Waals surface area contributed by atoms with Gasteiger partial charge in [-0.2, -0.15) is 0 Å². The molecule has 1 heterocycles. The van der Waals surface area contributed by atoms with Crippen molar-refractivity contribution in [3.8, 4) is 39.1 Å². The van der Waals surface area contributed by atoms with E-state index in [9.17, 15) is 0 Å². The van der Waals surface area contributed by atoms with Crippen LogP contribution in [0.25, 0.3) is 71.6 Å². The predicted octanol–water partition coefficient (Wildman–Crippen LogP) is 14.4. The molecule has 0 atom stereocenters. The van der Waals surface area contributed by atoms with Crippen LogP contribution in [0.3, 0.4) is 0 Å². The highest BCUT2D eigenvalue weighted by molar-refractivity contribution is 6.23. The van der Waals surface area contributed by atoms with Gasteiger partial charge < -0.3 is 9.47 Å². The Balaban J connectivity index is 1.10. The normalized spacial score (nSPS) is 11.3. The first-order valence-corrected chi connectivity index (χ1v) is 18.5. The van der Waals surface area contributed by atoms with Gasteiger partial charge in [0.1, 0.15) is 0 Å². The number of anilines is 3. The summed E-state index contributed by atoms with van der Waals surface area (Å²) in [7, 11) is 0. The first-order valence-electron chi connectivity index (χ1n) is 18.5. The molecule has 254 valence electrons. The number of rotatable bonds is 7. The predicted molar refractivity (Wildman–Crippen MR) is 229 cm³/mol. The fraction of sp³-hybridized carbons (Fsp3) is 0. The number of hydrogen-bond donors (Lipinski definition) is 0. The quantitative estimate of drug-likeness (QED) is 0.162. The van der Waals surface area contributed by atoms with E-state index >= 15 is 0 Å². The molecule has 2 heteroatoms. The summed E-state index contributed by atoms with van der Waals surface area (Å²) in [4.78, 5) is 2.38. The van der Waals surface area contributed by atoms with Crippen LogP contribution in [-0.4, -0.2) is 4.57 Å². The number of fused-ring (bicyclic) bond motifs is 5. The van der Waals surface area contributed by atoms with Crippen LogP contribution in [0.1, 0.15) is 0 Å². The van der Waals surface area contributed by atoms with Crippen molar-refractivity contribution in [1.29, 1.82) is 0 Å². The highest BCUT2D eigenvalue weighted by Gasteiger charge is 2.19. The van der Waals surface area contributed by atoms with E-state index < -0.39 is 0 Å². The molecule has 54 heavy (non-hydrogen) atoms. The lowest BCUT2D eigenvalue weighted by molar-refractivity contribution is 1.18. The van der Waals surface area contributed by atoms with Gasteiger partial charge in [0.25, 0.3) is 0 Å². The molecule has 9 aromatic carbocycles. The summed E-state index contributed by atoms with van der Waals surface area (Å²) < 4.78 is 2.39. The number of para-hydroxylation sites is 3. The second-order valence-corrected chi connectivity index (χ2v) is 13.7. The van der Waals surface area contributed by atoms with E-state index in [2.05, 4.69) is 228 Å². The molecule has 0 unspecified atom stereocenters. The largest absolute Gasteiger partial charge is 0.310 e. The van der Waals surface area contributed by atoms with Gasteiger partial charge in [-0.05, 0) is 93.2 Å². The van der Waals surface area contributed by atoms with Gasteiger partial charge in [-0.3, -0.25) is 0 Å². The smallest absolute Gasteiger partial charge is 0.0547 e. The molecule has 0 amide bonds. The maximum atomic E-state index is 2.39. The van der Waals surface area contributed by atoms with Gasteiger partial charge in [-0.1, -0.05) is 164 Å². The Morgan fingerprint density at radius 1 is 0.296 bits per heavy atom. The van der Waals surface area contributed by atoms with Crippen LogP contribution in [0.4, 0.5) is 17.1 Å². The molecular weight excluding hydrogens is 653 g/mol. The fourth-order valence-corrected chi connectivity index (χ4v) is 8.11. The third-order valence-electron chi connectivity index (χ3n) is 10.6. The third-order valence-corrected chi connectivity index (χ3v) is 10.6. The first-order chi connectivity index (χ1) is 26.8. The molecule has 0 fully saturated rings. The lowest BCUT2D eigenvalue weighted by Gasteiger charge is -2.28. The standard InChI is InChI=1S/C52H36N2/c1-4-15-37(16-5-1)38-27-31-42(32-28-38)53(49-25-12-10-21-45(49)39-17-6-2-7-18-39)43-33-29-40(30-34-43)44-23-14-24-47-46(44)35-36-51-52(47)48-22-11-13-26-50(48)54(51)41-19-8-3-9-20-41/h1-36H. The molecule has 2 nitrogen and oxygen atoms in total. The number of aromatic nitrogens is 1. The lowest BCUT2D eigenvalue weighted by atomic mass is 9.95. The van der Waals surface area contributed by atoms with Crippen molar-refractivity contribution in [2.45, 2.75) is 0 Å². The van der Waals surface area contributed by atoms with Crippen LogP contribution in [0, 0.1) is 0 Å². The summed E-state index contributed by atoms with van der Waals surface area (Å²) >= 11 is 0. The summed E-state index contributed by atoms with van der Waals surface area (Å²) in [5, 5.41) is 5.06. The van der Waals surface area contributed by atoms with Gasteiger partial charge in [-0.25, -0.2) is 0 Å². The van der Waals surface area contributed by atoms with Crippen molar-refractivity contribution in [1.82, 2.24) is 4.57 Å². The summed E-state index contributed by atoms with van der Waals surface area (Å²) in [5.41, 5.74) is 14.1. The third kappa shape index (κ3) is 5.44. The van der Waals surface area contributed by atoms with Crippen LogP contribution < -0.4 is 4.90 Å². The van der Waals surface area contributed by atoms with Crippen molar-refractivity contribution in [3.63, 3.8) is 0 Å². The van der Waals surface area contributed by atoms with Gasteiger partial charge in [0, 0.05) is 33.4 Å². The summed E-state index contributed by atoms with van der Waals surface area (Å²) in [6.45, 7) is 0. The van der Waals surface area contributed by atoms with Gasteiger partial charge in [-0.15, -0.1) is 0 Å². The molecule has 0 aliphatic heterocycles. The minimum absolute atomic E-state index is 1.10. The second kappa shape index (κ2) is 13.4. The van der Waals surface area contributed by atoms with Crippen molar-refractivity contribution in [2.24, 2.45) is 0 Å². The first kappa shape index (κ1) is 31.6. The highest BCUT2D eigenvalue weighted by Crippen LogP contribution is 2.43. The summed E-state index contributed by atoms with van der Waals surface area (Å²) in [5.74, 6) is 0. The Labute approximate surface area is 315 Å². The van der Waals surface area contributed by atoms with E-state index in [1.54, 1.807) is 0 Å². The summed E-state index contributed by atoms with van der Waals surface area (Å²) in [6, 6.07) is 78.7. The topological polar surface area (TPSA) is 8.17 Å². The average Bonchev–Trinajstić information content (AvgIpc) is 3.60. The zero-order valence-electron chi connectivity index (χ0n) is 29.7. The van der Waals surface area contributed by atoms with Crippen molar-refractivity contribution >= 4 is 49.6 Å². The van der Waals surface area contributed by atoms with E-state index in [0.717, 1.165) is 17.1 Å². The van der Waals surface area contributed by atoms with Crippen molar-refractivity contribution in [2.75, 3.05) is 4.90 Å². The maximum Gasteiger partial charge on any atom is 0.0547 e. The number of hydrogen-bond acceptors (Lipinski definition) is 1. The zero-order valence-corrected chi connectivity index (χ0v) is 29.7. The summed E-state index contributed by atoms with van der Waals surface area (Å²) in [6.07, 6.45) is 0. The molecule has 0 N–H and O–H groups in total. The zero-order chi connectivity index (χ0) is 35.8. The van der Waals surface area contributed by atoms with Gasteiger partial charge in [0.15, 0.2) is 0 Å². The monoisotopic (exact) mass is 688 g/mol. The molecule has 0 saturated heterocycles. The number of nitrogens with zero attached hydrogens (tertiary/aromatic N) is 2. The maximum absolute atomic E-state index is 2.39. The lowest BCUT2D eigenvalue weighted by Crippen LogP contribution is -2.11. The molecule has 0 radical (unpaired) electrons. The minimum Gasteiger partial charge on any atom is -0.310 e. The van der Waals surface area contributed by atoms with E-state index in [0.29, 0.717) is 0 Å². The van der Waals surface area contributed by atoms with E-state index in [4.69, 9.17) is 0 Å². The Morgan fingerprint density at radius 2 is 0.815 bits per heavy atom. The second-order valence-electron chi connectivity index (χ2n) is 13.7. The van der Waals surface area contributed by atoms with Crippen LogP contribution in [-0.2, 0) is 0 Å². The fourth-order valence-electron chi connectivity index (χ4n) is 8.11. The molecule has 1 aromatic heterocycles. The minimum atomic E-state index is 1.10. The Kier molecular flexibility index (Phi) is 7.85. The molecule has 0 saturated carbocycles. The van der Waals surface area contributed by atoms with Crippen LogP contribution >= 0.6 is 0 Å². The van der Waals surface area contributed by atoms with Crippen molar-refractivity contribution < 1.29 is 0 Å². The highest BCUT2D eigenvalue weighted by atomic mass is 15.1. The molecule has 10 aromatic rings. The molecular formula is C52H36N2. The van der Waals surface area contributed by atoms with Gasteiger partial charge in [0.05, 0.1) is 16.7 Å². The van der Waals surface area contributed by atoms with Crippen LogP contribution in [0.5, 0.6) is 0 Å². The van der Waals surface area contributed by atoms with Crippen LogP contribution in [0.15, 0.2) is 218 Å². The van der Waals surface area contributed by atoms with Crippen molar-refractivity contribution in [3.05, 3.63) is 218 Å². The number of benzene rings is 9. The molecule has 0 bridgehead atoms. The average molecular weight is 689 g/mol. The SMILES string of the molecule is c1ccc(-c2ccc(N(c3ccc(-c4cccc5c4ccc4c5c5ccccc5n4-c4ccccc4)cc3)c3ccccc3-c3ccccc3)cc2)cc1. The molecule has 0 spiro atoms. The van der Waals surface area contributed by atoms with E-state index in [1.807, 2.05) is 0 Å². The molecule has 10 rings (SSSR count). The van der Waals surface area contributed by atoms with Gasteiger partial charge >= 0.3 is 0 Å². The Morgan fingerprint density at radius 3 is 1.54 bits per heavy atom. The van der Waals surface area contributed by atoms with Crippen LogP contribution in [0.2, 0.25) is 0 Å². The Bertz CT molecular complexity index is 2890. The molecule has 0 aliphatic carbocycles. The van der Waals surface area contributed by atoms with Gasteiger partial charge in [0.2, 0.25) is 0 Å². The van der Waals surface area contributed by atoms with E-state index in [1.165, 1.54) is 71.6 Å².